The van der Waals surface area contributed by atoms with Crippen molar-refractivity contribution in [1.29, 1.82) is 0 Å². The maximum atomic E-state index is 12.0. The van der Waals surface area contributed by atoms with Crippen LogP contribution in [0.1, 0.15) is 50.9 Å². The van der Waals surface area contributed by atoms with Crippen molar-refractivity contribution in [3.8, 4) is 0 Å². The lowest BCUT2D eigenvalue weighted by atomic mass is 9.98. The Kier molecular flexibility index (Phi) is 4.26. The lowest BCUT2D eigenvalue weighted by Crippen LogP contribution is -2.55. The number of hydrogen-bond donors (Lipinski definition) is 4. The highest BCUT2D eigenvalue weighted by Crippen LogP contribution is 2.29. The van der Waals surface area contributed by atoms with E-state index in [0.29, 0.717) is 25.1 Å². The van der Waals surface area contributed by atoms with Crippen molar-refractivity contribution in [2.24, 2.45) is 0 Å². The van der Waals surface area contributed by atoms with Crippen molar-refractivity contribution in [3.63, 3.8) is 0 Å². The average Bonchev–Trinajstić information content (AvgIpc) is 3.07. The number of urea groups is 1. The summed E-state index contributed by atoms with van der Waals surface area (Å²) in [5, 5.41) is 14.7. The van der Waals surface area contributed by atoms with E-state index in [2.05, 4.69) is 20.6 Å². The Morgan fingerprint density at radius 1 is 1.50 bits per heavy atom. The number of carbonyl (C=O) groups excluding carboxylic acids is 1. The fraction of sp³-hybridized carbons (Fsp3) is 0.615. The maximum absolute atomic E-state index is 12.0. The first kappa shape index (κ1) is 14.4. The highest BCUT2D eigenvalue weighted by molar-refractivity contribution is 5.86. The molecule has 0 spiro atoms. The minimum absolute atomic E-state index is 0.253. The smallest absolute Gasteiger partial charge is 0.329 e. The zero-order valence-electron chi connectivity index (χ0n) is 11.5. The minimum Gasteiger partial charge on any atom is -0.480 e. The highest BCUT2D eigenvalue weighted by atomic mass is 16.4. The van der Waals surface area contributed by atoms with E-state index in [1.165, 1.54) is 0 Å². The number of carboxylic acid groups (broad SMARTS) is 1. The van der Waals surface area contributed by atoms with Crippen LogP contribution in [0.4, 0.5) is 4.79 Å². The molecule has 1 aliphatic carbocycles. The first-order chi connectivity index (χ1) is 9.57. The fourth-order valence-corrected chi connectivity index (χ4v) is 2.61. The van der Waals surface area contributed by atoms with Crippen molar-refractivity contribution < 1.29 is 14.7 Å². The summed E-state index contributed by atoms with van der Waals surface area (Å²) < 4.78 is 0. The molecule has 1 saturated carbocycles. The van der Waals surface area contributed by atoms with E-state index < -0.39 is 17.5 Å². The number of rotatable bonds is 5. The quantitative estimate of drug-likeness (QED) is 0.656. The summed E-state index contributed by atoms with van der Waals surface area (Å²) in [5.74, 6) is -0.297. The zero-order valence-corrected chi connectivity index (χ0v) is 11.5. The second kappa shape index (κ2) is 5.94. The van der Waals surface area contributed by atoms with Gasteiger partial charge in [-0.25, -0.2) is 14.6 Å². The van der Waals surface area contributed by atoms with Gasteiger partial charge in [0.25, 0.3) is 0 Å². The molecule has 0 bridgehead atoms. The molecule has 1 aromatic heterocycles. The molecule has 1 fully saturated rings. The standard InChI is InChI=1S/C13H20N4O3/c1-2-9(10-14-7-8-15-10)16-12(20)17-13(11(18)19)5-3-4-6-13/h7-9H,2-6H2,1H3,(H,14,15)(H,18,19)(H2,16,17,20). The second-order valence-corrected chi connectivity index (χ2v) is 5.13. The van der Waals surface area contributed by atoms with Crippen molar-refractivity contribution in [1.82, 2.24) is 20.6 Å². The molecule has 1 atom stereocenters. The van der Waals surface area contributed by atoms with Crippen LogP contribution >= 0.6 is 0 Å². The van der Waals surface area contributed by atoms with E-state index in [-0.39, 0.29) is 6.04 Å². The zero-order chi connectivity index (χ0) is 14.6. The van der Waals surface area contributed by atoms with Crippen LogP contribution in [0, 0.1) is 0 Å². The van der Waals surface area contributed by atoms with Gasteiger partial charge in [-0.2, -0.15) is 0 Å². The van der Waals surface area contributed by atoms with Gasteiger partial charge < -0.3 is 20.7 Å². The molecule has 110 valence electrons. The van der Waals surface area contributed by atoms with Gasteiger partial charge >= 0.3 is 12.0 Å². The van der Waals surface area contributed by atoms with Gasteiger partial charge in [0.1, 0.15) is 11.4 Å². The van der Waals surface area contributed by atoms with Crippen LogP contribution in [0.25, 0.3) is 0 Å². The molecular weight excluding hydrogens is 260 g/mol. The average molecular weight is 280 g/mol. The van der Waals surface area contributed by atoms with Crippen molar-refractivity contribution >= 4 is 12.0 Å². The molecule has 1 aromatic rings. The molecule has 0 radical (unpaired) electrons. The molecule has 4 N–H and O–H groups in total. The largest absolute Gasteiger partial charge is 0.480 e. The van der Waals surface area contributed by atoms with E-state index in [1.54, 1.807) is 12.4 Å². The monoisotopic (exact) mass is 280 g/mol. The minimum atomic E-state index is -1.12. The molecule has 1 unspecified atom stereocenters. The molecule has 1 aliphatic rings. The number of imidazole rings is 1. The Morgan fingerprint density at radius 2 is 2.20 bits per heavy atom. The molecule has 0 aromatic carbocycles. The number of H-pyrrole nitrogens is 1. The van der Waals surface area contributed by atoms with Gasteiger partial charge in [-0.15, -0.1) is 0 Å². The van der Waals surface area contributed by atoms with Gasteiger partial charge in [0, 0.05) is 12.4 Å². The number of nitrogens with one attached hydrogen (secondary N) is 3. The number of carbonyl (C=O) groups is 2. The normalized spacial score (nSPS) is 18.4. The van der Waals surface area contributed by atoms with E-state index in [0.717, 1.165) is 12.8 Å². The van der Waals surface area contributed by atoms with E-state index in [4.69, 9.17) is 0 Å². The number of carboxylic acids is 1. The van der Waals surface area contributed by atoms with Crippen LogP contribution in [-0.4, -0.2) is 32.6 Å². The van der Waals surface area contributed by atoms with E-state index >= 15 is 0 Å². The third kappa shape index (κ3) is 2.92. The summed E-state index contributed by atoms with van der Waals surface area (Å²) in [6, 6.07) is -0.713. The van der Waals surface area contributed by atoms with Crippen molar-refractivity contribution in [2.75, 3.05) is 0 Å². The summed E-state index contributed by atoms with van der Waals surface area (Å²) in [6.45, 7) is 1.93. The topological polar surface area (TPSA) is 107 Å². The van der Waals surface area contributed by atoms with Gasteiger partial charge in [0.15, 0.2) is 0 Å². The summed E-state index contributed by atoms with van der Waals surface area (Å²) >= 11 is 0. The molecular formula is C13H20N4O3. The van der Waals surface area contributed by atoms with Crippen LogP contribution in [-0.2, 0) is 4.79 Å². The lowest BCUT2D eigenvalue weighted by molar-refractivity contribution is -0.144. The van der Waals surface area contributed by atoms with Crippen LogP contribution in [0.15, 0.2) is 12.4 Å². The first-order valence-electron chi connectivity index (χ1n) is 6.89. The molecule has 7 heteroatoms. The first-order valence-corrected chi connectivity index (χ1v) is 6.89. The Labute approximate surface area is 117 Å². The van der Waals surface area contributed by atoms with Crippen molar-refractivity contribution in [2.45, 2.75) is 50.6 Å². The Balaban J connectivity index is 1.99. The van der Waals surface area contributed by atoms with Crippen LogP contribution < -0.4 is 10.6 Å². The number of nitrogens with zero attached hydrogens (tertiary/aromatic N) is 1. The SMILES string of the molecule is CCC(NC(=O)NC1(C(=O)O)CCCC1)c1ncc[nH]1. The van der Waals surface area contributed by atoms with Gasteiger partial charge in [-0.05, 0) is 19.3 Å². The summed E-state index contributed by atoms with van der Waals surface area (Å²) in [5.41, 5.74) is -1.12. The predicted octanol–water partition coefficient (Wildman–Crippen LogP) is 1.56. The van der Waals surface area contributed by atoms with Gasteiger partial charge in [-0.1, -0.05) is 19.8 Å². The fourth-order valence-electron chi connectivity index (χ4n) is 2.61. The number of aromatic amines is 1. The molecule has 0 aliphatic heterocycles. The number of amides is 2. The van der Waals surface area contributed by atoms with Crippen LogP contribution in [0.2, 0.25) is 0 Å². The molecule has 2 rings (SSSR count). The number of hydrogen-bond acceptors (Lipinski definition) is 3. The van der Waals surface area contributed by atoms with Crippen LogP contribution in [0.5, 0.6) is 0 Å². The Morgan fingerprint density at radius 3 is 2.70 bits per heavy atom. The summed E-state index contributed by atoms with van der Waals surface area (Å²) in [4.78, 5) is 30.5. The van der Waals surface area contributed by atoms with Gasteiger partial charge in [0.05, 0.1) is 6.04 Å². The molecule has 2 amide bonds. The molecule has 0 saturated heterocycles. The van der Waals surface area contributed by atoms with E-state index in [1.807, 2.05) is 6.92 Å². The molecule has 1 heterocycles. The third-order valence-corrected chi connectivity index (χ3v) is 3.78. The Bertz CT molecular complexity index is 466. The van der Waals surface area contributed by atoms with Crippen LogP contribution in [0.3, 0.4) is 0 Å². The van der Waals surface area contributed by atoms with Gasteiger partial charge in [0.2, 0.25) is 0 Å². The molecule has 20 heavy (non-hydrogen) atoms. The lowest BCUT2D eigenvalue weighted by Gasteiger charge is -2.26. The molecule has 7 nitrogen and oxygen atoms in total. The van der Waals surface area contributed by atoms with Crippen molar-refractivity contribution in [3.05, 3.63) is 18.2 Å². The predicted molar refractivity (Wildman–Crippen MR) is 72.1 cm³/mol. The number of aliphatic carboxylic acids is 1. The van der Waals surface area contributed by atoms with Gasteiger partial charge in [-0.3, -0.25) is 0 Å². The van der Waals surface area contributed by atoms with E-state index in [9.17, 15) is 14.7 Å². The summed E-state index contributed by atoms with van der Waals surface area (Å²) in [6.07, 6.45) is 6.58. The highest BCUT2D eigenvalue weighted by Gasteiger charge is 2.42. The Hall–Kier alpha value is -2.05. The summed E-state index contributed by atoms with van der Waals surface area (Å²) in [7, 11) is 0. The number of aromatic nitrogens is 2. The second-order valence-electron chi connectivity index (χ2n) is 5.13. The maximum Gasteiger partial charge on any atom is 0.329 e. The third-order valence-electron chi connectivity index (χ3n) is 3.78.